The van der Waals surface area contributed by atoms with Crippen molar-refractivity contribution < 1.29 is 23.6 Å². The van der Waals surface area contributed by atoms with E-state index in [0.717, 1.165) is 15.8 Å². The molecule has 0 bridgehead atoms. The number of nitrogens with two attached hydrogens (primary N) is 1. The lowest BCUT2D eigenvalue weighted by molar-refractivity contribution is -0.157. The summed E-state index contributed by atoms with van der Waals surface area (Å²) in [6, 6.07) is 18.7. The van der Waals surface area contributed by atoms with E-state index in [4.69, 9.17) is 5.73 Å². The van der Waals surface area contributed by atoms with Crippen molar-refractivity contribution in [2.24, 2.45) is 0 Å². The van der Waals surface area contributed by atoms with Gasteiger partial charge in [0.05, 0.1) is 29.4 Å². The molecular weight excluding hydrogens is 625 g/mol. The van der Waals surface area contributed by atoms with Crippen molar-refractivity contribution in [1.29, 1.82) is 5.26 Å². The third kappa shape index (κ3) is 6.55. The largest absolute Gasteiger partial charge is 0.375 e. The maximum Gasteiger partial charge on any atom is 0.333 e. The van der Waals surface area contributed by atoms with Crippen molar-refractivity contribution in [2.75, 3.05) is 30.7 Å². The molecule has 0 spiro atoms. The van der Waals surface area contributed by atoms with E-state index in [2.05, 4.69) is 15.6 Å². The van der Waals surface area contributed by atoms with E-state index in [1.54, 1.807) is 41.3 Å². The third-order valence-electron chi connectivity index (χ3n) is 8.18. The van der Waals surface area contributed by atoms with Gasteiger partial charge in [0, 0.05) is 25.2 Å². The van der Waals surface area contributed by atoms with E-state index < -0.39 is 24.1 Å². The minimum absolute atomic E-state index is 0.0619. The first-order valence-electron chi connectivity index (χ1n) is 14.7. The van der Waals surface area contributed by atoms with Gasteiger partial charge in [-0.3, -0.25) is 14.4 Å². The molecular formula is C32H30FN9O4S. The van der Waals surface area contributed by atoms with E-state index in [0.29, 0.717) is 28.3 Å². The summed E-state index contributed by atoms with van der Waals surface area (Å²) in [7, 11) is 0. The lowest BCUT2D eigenvalue weighted by Crippen LogP contribution is -2.66. The number of amides is 5. The Morgan fingerprint density at radius 2 is 1.87 bits per heavy atom. The van der Waals surface area contributed by atoms with Gasteiger partial charge in [0.2, 0.25) is 18.2 Å². The number of nitrogen functional groups attached to an aromatic ring is 1. The molecule has 2 aliphatic heterocycles. The number of nitriles is 1. The molecule has 3 heterocycles. The summed E-state index contributed by atoms with van der Waals surface area (Å²) >= 11 is 1.34. The minimum atomic E-state index is -0.915. The molecule has 3 aromatic carbocycles. The van der Waals surface area contributed by atoms with Crippen molar-refractivity contribution in [3.8, 4) is 6.07 Å². The Bertz CT molecular complexity index is 1860. The lowest BCUT2D eigenvalue weighted by atomic mass is 9.99. The van der Waals surface area contributed by atoms with Gasteiger partial charge in [-0.15, -0.1) is 0 Å². The van der Waals surface area contributed by atoms with Crippen molar-refractivity contribution in [2.45, 2.75) is 31.7 Å². The first-order chi connectivity index (χ1) is 22.7. The van der Waals surface area contributed by atoms with Gasteiger partial charge in [-0.25, -0.2) is 19.2 Å². The van der Waals surface area contributed by atoms with Crippen LogP contribution < -0.4 is 16.4 Å². The number of halogens is 1. The van der Waals surface area contributed by atoms with Crippen LogP contribution in [0.5, 0.6) is 0 Å². The Labute approximate surface area is 272 Å². The summed E-state index contributed by atoms with van der Waals surface area (Å²) in [5.74, 6) is -1.05. The van der Waals surface area contributed by atoms with Crippen molar-refractivity contribution >= 4 is 56.6 Å². The summed E-state index contributed by atoms with van der Waals surface area (Å²) in [5.41, 5.74) is 9.44. The van der Waals surface area contributed by atoms with Crippen LogP contribution in [0.1, 0.15) is 16.7 Å². The molecule has 47 heavy (non-hydrogen) atoms. The number of piperazine rings is 1. The number of anilines is 2. The fourth-order valence-electron chi connectivity index (χ4n) is 5.99. The highest BCUT2D eigenvalue weighted by molar-refractivity contribution is 7.22. The fourth-order valence-corrected chi connectivity index (χ4v) is 6.77. The topological polar surface area (TPSA) is 168 Å². The maximum atomic E-state index is 14.2. The lowest BCUT2D eigenvalue weighted by Gasteiger charge is -2.46. The van der Waals surface area contributed by atoms with Crippen LogP contribution in [0.4, 0.5) is 20.0 Å². The standard InChI is InChI=1S/C32H30FN9O4S/c33-23-8-4-21(5-9-23)15-36-32(46)40(13-12-34)41-18-28(44)42-25(14-20-6-10-24(11-7-20)37-19-43)30(45)39(17-27(41)42)16-22-2-1-3-26-29(22)38-31(35)47-26/h1-11,19,25,27H,13-18H2,(H2,35,38)(H,36,46)(H,37,43)/t25-,27+/m0/s1. The fraction of sp³-hybridized carbons (Fsp3) is 0.250. The second-order valence-electron chi connectivity index (χ2n) is 11.1. The number of thiazole rings is 1. The molecule has 2 saturated heterocycles. The third-order valence-corrected chi connectivity index (χ3v) is 9.03. The summed E-state index contributed by atoms with van der Waals surface area (Å²) in [6.45, 7) is -0.269. The highest BCUT2D eigenvalue weighted by Gasteiger charge is 2.52. The summed E-state index contributed by atoms with van der Waals surface area (Å²) in [6.07, 6.45) is -0.0139. The number of nitrogens with zero attached hydrogens (tertiary/aromatic N) is 6. The van der Waals surface area contributed by atoms with Gasteiger partial charge in [-0.1, -0.05) is 47.7 Å². The molecule has 0 unspecified atom stereocenters. The Morgan fingerprint density at radius 3 is 2.60 bits per heavy atom. The van der Waals surface area contributed by atoms with Crippen LogP contribution in [0.3, 0.4) is 0 Å². The number of hydrazine groups is 1. The monoisotopic (exact) mass is 655 g/mol. The Balaban J connectivity index is 1.31. The van der Waals surface area contributed by atoms with Gasteiger partial charge >= 0.3 is 6.03 Å². The van der Waals surface area contributed by atoms with Gasteiger partial charge in [0.15, 0.2) is 5.13 Å². The van der Waals surface area contributed by atoms with Gasteiger partial charge in [0.25, 0.3) is 0 Å². The number of para-hydroxylation sites is 1. The van der Waals surface area contributed by atoms with Crippen molar-refractivity contribution in [1.82, 2.24) is 30.1 Å². The van der Waals surface area contributed by atoms with E-state index in [9.17, 15) is 28.8 Å². The second-order valence-corrected chi connectivity index (χ2v) is 12.2. The van der Waals surface area contributed by atoms with Crippen LogP contribution in [0.25, 0.3) is 10.2 Å². The number of benzene rings is 3. The molecule has 4 N–H and O–H groups in total. The number of rotatable bonds is 10. The molecule has 2 fully saturated rings. The SMILES string of the molecule is N#CCN(C(=O)NCc1ccc(F)cc1)N1CC(=O)N2[C@@H](Cc3ccc(NC=O)cc3)C(=O)N(Cc3cccc4sc(N)nc34)C[C@@H]21. The summed E-state index contributed by atoms with van der Waals surface area (Å²) in [4.78, 5) is 59.8. The average Bonchev–Trinajstić information content (AvgIpc) is 3.61. The van der Waals surface area contributed by atoms with Crippen LogP contribution in [-0.2, 0) is 33.9 Å². The van der Waals surface area contributed by atoms with E-state index in [-0.39, 0.29) is 51.0 Å². The van der Waals surface area contributed by atoms with Crippen LogP contribution in [-0.4, -0.2) is 80.9 Å². The van der Waals surface area contributed by atoms with E-state index >= 15 is 0 Å². The van der Waals surface area contributed by atoms with Crippen LogP contribution in [0, 0.1) is 17.1 Å². The predicted octanol–water partition coefficient (Wildman–Crippen LogP) is 2.66. The molecule has 0 saturated carbocycles. The molecule has 2 atom stereocenters. The molecule has 4 aromatic rings. The normalized spacial score (nSPS) is 17.8. The van der Waals surface area contributed by atoms with Gasteiger partial charge in [0.1, 0.15) is 24.6 Å². The minimum Gasteiger partial charge on any atom is -0.375 e. The van der Waals surface area contributed by atoms with Crippen LogP contribution in [0.15, 0.2) is 66.7 Å². The number of fused-ring (bicyclic) bond motifs is 2. The van der Waals surface area contributed by atoms with Crippen LogP contribution >= 0.6 is 11.3 Å². The molecule has 1 aromatic heterocycles. The Hall–Kier alpha value is -5.59. The highest BCUT2D eigenvalue weighted by Crippen LogP contribution is 2.32. The highest BCUT2D eigenvalue weighted by atomic mass is 32.1. The summed E-state index contributed by atoms with van der Waals surface area (Å²) in [5, 5.41) is 18.1. The zero-order chi connectivity index (χ0) is 33.1. The number of nitrogens with one attached hydrogen (secondary N) is 2. The molecule has 0 radical (unpaired) electrons. The average molecular weight is 656 g/mol. The summed E-state index contributed by atoms with van der Waals surface area (Å²) < 4.78 is 14.3. The molecule has 6 rings (SSSR count). The van der Waals surface area contributed by atoms with Crippen LogP contribution in [0.2, 0.25) is 0 Å². The van der Waals surface area contributed by atoms with Crippen molar-refractivity contribution in [3.05, 3.63) is 89.2 Å². The number of aromatic nitrogens is 1. The van der Waals surface area contributed by atoms with E-state index in [1.165, 1.54) is 38.4 Å². The van der Waals surface area contributed by atoms with Gasteiger partial charge in [-0.05, 0) is 47.0 Å². The van der Waals surface area contributed by atoms with Crippen molar-refractivity contribution in [3.63, 3.8) is 0 Å². The van der Waals surface area contributed by atoms with E-state index in [1.807, 2.05) is 24.3 Å². The molecule has 5 amide bonds. The molecule has 15 heteroatoms. The molecule has 2 aliphatic rings. The number of hydrogen-bond donors (Lipinski definition) is 3. The molecule has 13 nitrogen and oxygen atoms in total. The molecule has 240 valence electrons. The zero-order valence-electron chi connectivity index (χ0n) is 25.0. The van der Waals surface area contributed by atoms with Gasteiger partial charge in [-0.2, -0.15) is 10.3 Å². The zero-order valence-corrected chi connectivity index (χ0v) is 25.8. The Morgan fingerprint density at radius 1 is 1.13 bits per heavy atom. The predicted molar refractivity (Wildman–Crippen MR) is 171 cm³/mol. The first kappa shape index (κ1) is 31.4. The maximum absolute atomic E-state index is 14.2. The number of hydrogen-bond acceptors (Lipinski definition) is 9. The number of urea groups is 1. The first-order valence-corrected chi connectivity index (χ1v) is 15.5. The number of carbonyl (C=O) groups is 4. The smallest absolute Gasteiger partial charge is 0.333 e. The Kier molecular flexibility index (Phi) is 8.96. The van der Waals surface area contributed by atoms with Gasteiger partial charge < -0.3 is 26.2 Å². The number of carbonyl (C=O) groups excluding carboxylic acids is 4. The molecule has 0 aliphatic carbocycles. The quantitative estimate of drug-likeness (QED) is 0.173. The second kappa shape index (κ2) is 13.4.